The van der Waals surface area contributed by atoms with Crippen LogP contribution >= 0.6 is 0 Å². The molecule has 0 N–H and O–H groups in total. The molecular weight excluding hydrogens is 264 g/mol. The Kier molecular flexibility index (Phi) is 2.70. The van der Waals surface area contributed by atoms with Gasteiger partial charge in [0.15, 0.2) is 6.10 Å². The van der Waals surface area contributed by atoms with E-state index in [9.17, 15) is 0 Å². The van der Waals surface area contributed by atoms with Crippen LogP contribution in [0.15, 0.2) is 53.7 Å². The van der Waals surface area contributed by atoms with Crippen LogP contribution in [0.25, 0.3) is 16.7 Å². The van der Waals surface area contributed by atoms with Crippen molar-refractivity contribution in [3.8, 4) is 5.69 Å². The number of nitrogens with zero attached hydrogens (tertiary/aromatic N) is 4. The van der Waals surface area contributed by atoms with Gasteiger partial charge in [-0.15, -0.1) is 5.10 Å². The summed E-state index contributed by atoms with van der Waals surface area (Å²) < 4.78 is 1.86. The number of fused-ring (bicyclic) bond motifs is 1. The molecule has 0 spiro atoms. The van der Waals surface area contributed by atoms with Crippen molar-refractivity contribution in [2.45, 2.75) is 19.4 Å². The quantitative estimate of drug-likeness (QED) is 0.723. The fourth-order valence-corrected chi connectivity index (χ4v) is 2.66. The van der Waals surface area contributed by atoms with E-state index in [1.54, 1.807) is 0 Å². The lowest BCUT2D eigenvalue weighted by Gasteiger charge is -2.14. The van der Waals surface area contributed by atoms with E-state index in [-0.39, 0.29) is 6.10 Å². The molecule has 1 aromatic heterocycles. The van der Waals surface area contributed by atoms with Crippen molar-refractivity contribution in [1.29, 1.82) is 0 Å². The summed E-state index contributed by atoms with van der Waals surface area (Å²) in [7, 11) is 0. The van der Waals surface area contributed by atoms with Gasteiger partial charge in [-0.1, -0.05) is 40.7 Å². The molecule has 4 rings (SSSR count). The van der Waals surface area contributed by atoms with E-state index >= 15 is 0 Å². The number of rotatable bonds is 2. The van der Waals surface area contributed by atoms with Crippen LogP contribution < -0.4 is 0 Å². The van der Waals surface area contributed by atoms with E-state index in [1.807, 2.05) is 54.1 Å². The Morgan fingerprint density at radius 2 is 1.90 bits per heavy atom. The van der Waals surface area contributed by atoms with Gasteiger partial charge in [-0.2, -0.15) is 0 Å². The highest BCUT2D eigenvalue weighted by molar-refractivity contribution is 5.83. The van der Waals surface area contributed by atoms with E-state index in [0.717, 1.165) is 34.4 Å². The van der Waals surface area contributed by atoms with Crippen molar-refractivity contribution < 1.29 is 4.84 Å². The fourth-order valence-electron chi connectivity index (χ4n) is 2.66. The van der Waals surface area contributed by atoms with E-state index in [0.29, 0.717) is 0 Å². The van der Waals surface area contributed by atoms with E-state index in [4.69, 9.17) is 4.84 Å². The molecule has 0 saturated carbocycles. The SMILES string of the molecule is CC1=NO[C@@H](c2ccccc2-n2nnc3ccccc32)C1. The summed E-state index contributed by atoms with van der Waals surface area (Å²) in [6.45, 7) is 1.98. The maximum atomic E-state index is 5.53. The van der Waals surface area contributed by atoms with Gasteiger partial charge in [0.25, 0.3) is 0 Å². The van der Waals surface area contributed by atoms with Gasteiger partial charge in [0.1, 0.15) is 5.52 Å². The Bertz CT molecular complexity index is 837. The van der Waals surface area contributed by atoms with Crippen molar-refractivity contribution in [3.05, 3.63) is 54.1 Å². The van der Waals surface area contributed by atoms with Gasteiger partial charge >= 0.3 is 0 Å². The molecule has 1 aliphatic rings. The molecule has 0 amide bonds. The van der Waals surface area contributed by atoms with Gasteiger partial charge in [-0.05, 0) is 25.1 Å². The molecule has 1 aliphatic heterocycles. The van der Waals surface area contributed by atoms with Crippen molar-refractivity contribution in [3.63, 3.8) is 0 Å². The standard InChI is InChI=1S/C16H14N4O/c1-11-10-16(21-18-11)12-6-2-4-8-14(12)20-15-9-5-3-7-13(15)17-19-20/h2-9,16H,10H2,1H3/t16-/m1/s1. The second-order valence-electron chi connectivity index (χ2n) is 5.17. The van der Waals surface area contributed by atoms with E-state index in [2.05, 4.69) is 21.5 Å². The van der Waals surface area contributed by atoms with Crippen molar-refractivity contribution in [2.24, 2.45) is 5.16 Å². The molecular formula is C16H14N4O. The average Bonchev–Trinajstić information content (AvgIpc) is 3.13. The van der Waals surface area contributed by atoms with Crippen LogP contribution in [-0.2, 0) is 4.84 Å². The maximum absolute atomic E-state index is 5.53. The molecule has 0 radical (unpaired) electrons. The molecule has 0 bridgehead atoms. The van der Waals surface area contributed by atoms with Crippen LogP contribution in [0.5, 0.6) is 0 Å². The number of hydrogen-bond donors (Lipinski definition) is 0. The molecule has 5 nitrogen and oxygen atoms in total. The first-order chi connectivity index (χ1) is 10.3. The fraction of sp³-hybridized carbons (Fsp3) is 0.188. The third-order valence-electron chi connectivity index (χ3n) is 3.68. The molecule has 2 heterocycles. The lowest BCUT2D eigenvalue weighted by atomic mass is 10.0. The van der Waals surface area contributed by atoms with Gasteiger partial charge in [0.2, 0.25) is 0 Å². The third-order valence-corrected chi connectivity index (χ3v) is 3.68. The third kappa shape index (κ3) is 1.98. The molecule has 2 aromatic carbocycles. The van der Waals surface area contributed by atoms with Crippen LogP contribution in [0.1, 0.15) is 25.0 Å². The molecule has 104 valence electrons. The van der Waals surface area contributed by atoms with Crippen molar-refractivity contribution in [1.82, 2.24) is 15.0 Å². The minimum Gasteiger partial charge on any atom is -0.387 e. The monoisotopic (exact) mass is 278 g/mol. The number of benzene rings is 2. The average molecular weight is 278 g/mol. The first-order valence-corrected chi connectivity index (χ1v) is 6.92. The molecule has 21 heavy (non-hydrogen) atoms. The van der Waals surface area contributed by atoms with Crippen molar-refractivity contribution >= 4 is 16.7 Å². The summed E-state index contributed by atoms with van der Waals surface area (Å²) in [6.07, 6.45) is 0.757. The van der Waals surface area contributed by atoms with E-state index in [1.165, 1.54) is 0 Å². The summed E-state index contributed by atoms with van der Waals surface area (Å²) in [4.78, 5) is 5.53. The smallest absolute Gasteiger partial charge is 0.159 e. The van der Waals surface area contributed by atoms with Gasteiger partial charge in [0, 0.05) is 12.0 Å². The highest BCUT2D eigenvalue weighted by Gasteiger charge is 2.24. The van der Waals surface area contributed by atoms with Crippen LogP contribution in [-0.4, -0.2) is 20.7 Å². The zero-order valence-electron chi connectivity index (χ0n) is 11.6. The lowest BCUT2D eigenvalue weighted by molar-refractivity contribution is 0.0856. The highest BCUT2D eigenvalue weighted by Crippen LogP contribution is 2.32. The predicted molar refractivity (Wildman–Crippen MR) is 80.4 cm³/mol. The van der Waals surface area contributed by atoms with Gasteiger partial charge < -0.3 is 4.84 Å². The molecule has 5 heteroatoms. The Balaban J connectivity index is 1.86. The van der Waals surface area contributed by atoms with Crippen LogP contribution in [0.3, 0.4) is 0 Å². The largest absolute Gasteiger partial charge is 0.387 e. The Hall–Kier alpha value is -2.69. The minimum absolute atomic E-state index is 0.0517. The van der Waals surface area contributed by atoms with Gasteiger partial charge in [-0.25, -0.2) is 4.68 Å². The summed E-state index contributed by atoms with van der Waals surface area (Å²) in [5.74, 6) is 0. The highest BCUT2D eigenvalue weighted by atomic mass is 16.6. The number of hydrogen-bond acceptors (Lipinski definition) is 4. The molecule has 0 saturated heterocycles. The van der Waals surface area contributed by atoms with Crippen LogP contribution in [0, 0.1) is 0 Å². The summed E-state index contributed by atoms with van der Waals surface area (Å²) in [5, 5.41) is 12.6. The molecule has 3 aromatic rings. The zero-order chi connectivity index (χ0) is 14.2. The Morgan fingerprint density at radius 1 is 1.10 bits per heavy atom. The first kappa shape index (κ1) is 12.1. The summed E-state index contributed by atoms with van der Waals surface area (Å²) in [5.41, 5.74) is 4.95. The zero-order valence-corrected chi connectivity index (χ0v) is 11.6. The second kappa shape index (κ2) is 4.70. The normalized spacial score (nSPS) is 17.8. The first-order valence-electron chi connectivity index (χ1n) is 6.92. The summed E-state index contributed by atoms with van der Waals surface area (Å²) in [6, 6.07) is 16.0. The molecule has 0 aliphatic carbocycles. The molecule has 0 fully saturated rings. The summed E-state index contributed by atoms with van der Waals surface area (Å²) >= 11 is 0. The van der Waals surface area contributed by atoms with Gasteiger partial charge in [-0.3, -0.25) is 0 Å². The molecule has 0 unspecified atom stereocenters. The van der Waals surface area contributed by atoms with Gasteiger partial charge in [0.05, 0.1) is 16.9 Å². The second-order valence-corrected chi connectivity index (χ2v) is 5.17. The van der Waals surface area contributed by atoms with Crippen LogP contribution in [0.4, 0.5) is 0 Å². The lowest BCUT2D eigenvalue weighted by Crippen LogP contribution is -2.06. The number of aromatic nitrogens is 3. The number of para-hydroxylation sites is 2. The van der Waals surface area contributed by atoms with Crippen LogP contribution in [0.2, 0.25) is 0 Å². The Labute approximate surface area is 121 Å². The molecule has 1 atom stereocenters. The maximum Gasteiger partial charge on any atom is 0.159 e. The predicted octanol–water partition coefficient (Wildman–Crippen LogP) is 3.26. The Morgan fingerprint density at radius 3 is 2.76 bits per heavy atom. The topological polar surface area (TPSA) is 52.3 Å². The van der Waals surface area contributed by atoms with E-state index < -0.39 is 0 Å². The van der Waals surface area contributed by atoms with Crippen molar-refractivity contribution in [2.75, 3.05) is 0 Å². The number of oxime groups is 1. The minimum atomic E-state index is -0.0517.